The molecule has 0 aliphatic carbocycles. The van der Waals surface area contributed by atoms with E-state index in [4.69, 9.17) is 13.9 Å². The van der Waals surface area contributed by atoms with Crippen molar-refractivity contribution in [2.45, 2.75) is 20.8 Å². The molecule has 112 valence electrons. The van der Waals surface area contributed by atoms with Gasteiger partial charge in [-0.25, -0.2) is 0 Å². The Bertz CT molecular complexity index is 646. The van der Waals surface area contributed by atoms with Gasteiger partial charge in [0.1, 0.15) is 0 Å². The number of benzene rings is 1. The first-order chi connectivity index (χ1) is 10.1. The van der Waals surface area contributed by atoms with Gasteiger partial charge in [0.05, 0.1) is 19.5 Å². The van der Waals surface area contributed by atoms with Crippen molar-refractivity contribution in [3.63, 3.8) is 0 Å². The van der Waals surface area contributed by atoms with Crippen molar-refractivity contribution in [2.24, 2.45) is 0 Å². The van der Waals surface area contributed by atoms with E-state index in [1.807, 2.05) is 20.8 Å². The standard InChI is InChI=1S/C16H17BrO4/c1-4-19-13-8-11(12(17)9-14(13)20-5-2)15(18)16-10(3)6-7-21-16/h6-9H,4-5H2,1-3H3. The number of halogens is 1. The second-order valence-electron chi connectivity index (χ2n) is 4.41. The van der Waals surface area contributed by atoms with Crippen LogP contribution in [0.4, 0.5) is 0 Å². The van der Waals surface area contributed by atoms with Crippen molar-refractivity contribution in [3.05, 3.63) is 45.8 Å². The van der Waals surface area contributed by atoms with Gasteiger partial charge in [0, 0.05) is 10.0 Å². The highest BCUT2D eigenvalue weighted by Gasteiger charge is 2.21. The fraction of sp³-hybridized carbons (Fsp3) is 0.312. The first-order valence-electron chi connectivity index (χ1n) is 6.76. The monoisotopic (exact) mass is 352 g/mol. The Balaban J connectivity index is 2.46. The van der Waals surface area contributed by atoms with Crippen LogP contribution in [0.2, 0.25) is 0 Å². The van der Waals surface area contributed by atoms with E-state index >= 15 is 0 Å². The van der Waals surface area contributed by atoms with Crippen molar-refractivity contribution in [2.75, 3.05) is 13.2 Å². The molecule has 0 radical (unpaired) electrons. The summed E-state index contributed by atoms with van der Waals surface area (Å²) in [5.74, 6) is 1.31. The highest BCUT2D eigenvalue weighted by atomic mass is 79.9. The second kappa shape index (κ2) is 6.80. The summed E-state index contributed by atoms with van der Waals surface area (Å²) in [7, 11) is 0. The van der Waals surface area contributed by atoms with Gasteiger partial charge < -0.3 is 13.9 Å². The summed E-state index contributed by atoms with van der Waals surface area (Å²) in [6, 6.07) is 5.20. The van der Waals surface area contributed by atoms with Crippen LogP contribution in [0.25, 0.3) is 0 Å². The number of ether oxygens (including phenoxy) is 2. The molecule has 0 atom stereocenters. The van der Waals surface area contributed by atoms with E-state index in [-0.39, 0.29) is 5.78 Å². The summed E-state index contributed by atoms with van der Waals surface area (Å²) in [5.41, 5.74) is 1.29. The fourth-order valence-corrected chi connectivity index (χ4v) is 2.48. The quantitative estimate of drug-likeness (QED) is 0.723. The lowest BCUT2D eigenvalue weighted by Crippen LogP contribution is -2.05. The van der Waals surface area contributed by atoms with Crippen LogP contribution in [0, 0.1) is 6.92 Å². The van der Waals surface area contributed by atoms with Gasteiger partial charge in [-0.3, -0.25) is 4.79 Å². The summed E-state index contributed by atoms with van der Waals surface area (Å²) < 4.78 is 17.0. The predicted octanol–water partition coefficient (Wildman–Crippen LogP) is 4.38. The molecule has 0 spiro atoms. The van der Waals surface area contributed by atoms with E-state index < -0.39 is 0 Å². The molecule has 0 aliphatic heterocycles. The van der Waals surface area contributed by atoms with Crippen molar-refractivity contribution >= 4 is 21.7 Å². The minimum absolute atomic E-state index is 0.187. The first-order valence-corrected chi connectivity index (χ1v) is 7.55. The van der Waals surface area contributed by atoms with Gasteiger partial charge in [-0.15, -0.1) is 0 Å². The van der Waals surface area contributed by atoms with E-state index in [1.54, 1.807) is 18.2 Å². The zero-order valence-corrected chi connectivity index (χ0v) is 13.8. The molecule has 0 unspecified atom stereocenters. The molecule has 0 saturated heterocycles. The molecule has 4 nitrogen and oxygen atoms in total. The van der Waals surface area contributed by atoms with Crippen LogP contribution in [-0.2, 0) is 0 Å². The van der Waals surface area contributed by atoms with Crippen LogP contribution in [0.1, 0.15) is 35.5 Å². The van der Waals surface area contributed by atoms with Gasteiger partial charge in [-0.05, 0) is 60.5 Å². The molecular weight excluding hydrogens is 336 g/mol. The maximum Gasteiger partial charge on any atom is 0.229 e. The molecular formula is C16H17BrO4. The van der Waals surface area contributed by atoms with Crippen LogP contribution >= 0.6 is 15.9 Å². The Hall–Kier alpha value is -1.75. The lowest BCUT2D eigenvalue weighted by atomic mass is 10.1. The third-order valence-corrected chi connectivity index (χ3v) is 3.60. The molecule has 1 heterocycles. The minimum atomic E-state index is -0.187. The van der Waals surface area contributed by atoms with Crippen LogP contribution in [-0.4, -0.2) is 19.0 Å². The number of ketones is 1. The summed E-state index contributed by atoms with van der Waals surface area (Å²) in [5, 5.41) is 0. The Morgan fingerprint density at radius 3 is 2.33 bits per heavy atom. The number of carbonyl (C=O) groups is 1. The number of aryl methyl sites for hydroxylation is 1. The normalized spacial score (nSPS) is 10.5. The zero-order chi connectivity index (χ0) is 15.4. The molecule has 2 rings (SSSR count). The van der Waals surface area contributed by atoms with Crippen LogP contribution in [0.15, 0.2) is 33.4 Å². The largest absolute Gasteiger partial charge is 0.490 e. The van der Waals surface area contributed by atoms with Gasteiger partial charge in [-0.1, -0.05) is 0 Å². The lowest BCUT2D eigenvalue weighted by molar-refractivity contribution is 0.101. The molecule has 0 amide bonds. The smallest absolute Gasteiger partial charge is 0.229 e. The molecule has 0 aliphatic rings. The average molecular weight is 353 g/mol. The maximum absolute atomic E-state index is 12.6. The molecule has 2 aromatic rings. The summed E-state index contributed by atoms with van der Waals surface area (Å²) in [6.07, 6.45) is 1.51. The Kier molecular flexibility index (Phi) is 5.07. The number of carbonyl (C=O) groups excluding carboxylic acids is 1. The Morgan fingerprint density at radius 2 is 1.81 bits per heavy atom. The van der Waals surface area contributed by atoms with Crippen molar-refractivity contribution in [3.8, 4) is 11.5 Å². The Labute approximate surface area is 132 Å². The maximum atomic E-state index is 12.6. The number of hydrogen-bond donors (Lipinski definition) is 0. The zero-order valence-electron chi connectivity index (χ0n) is 12.2. The summed E-state index contributed by atoms with van der Waals surface area (Å²) in [6.45, 7) is 6.64. The lowest BCUT2D eigenvalue weighted by Gasteiger charge is -2.13. The van der Waals surface area contributed by atoms with Gasteiger partial charge in [-0.2, -0.15) is 0 Å². The molecule has 21 heavy (non-hydrogen) atoms. The van der Waals surface area contributed by atoms with Crippen LogP contribution in [0.3, 0.4) is 0 Å². The molecule has 0 fully saturated rings. The molecule has 0 saturated carbocycles. The molecule has 1 aromatic carbocycles. The van der Waals surface area contributed by atoms with Crippen LogP contribution < -0.4 is 9.47 Å². The number of hydrogen-bond acceptors (Lipinski definition) is 4. The van der Waals surface area contributed by atoms with Crippen molar-refractivity contribution < 1.29 is 18.7 Å². The van der Waals surface area contributed by atoms with Gasteiger partial charge in [0.15, 0.2) is 17.3 Å². The molecule has 0 N–H and O–H groups in total. The minimum Gasteiger partial charge on any atom is -0.490 e. The molecule has 0 bridgehead atoms. The topological polar surface area (TPSA) is 48.7 Å². The molecule has 1 aromatic heterocycles. The van der Waals surface area contributed by atoms with E-state index in [0.717, 1.165) is 5.56 Å². The third-order valence-electron chi connectivity index (χ3n) is 2.95. The average Bonchev–Trinajstić information content (AvgIpc) is 2.87. The van der Waals surface area contributed by atoms with Gasteiger partial charge >= 0.3 is 0 Å². The van der Waals surface area contributed by atoms with Crippen molar-refractivity contribution in [1.29, 1.82) is 0 Å². The second-order valence-corrected chi connectivity index (χ2v) is 5.26. The Morgan fingerprint density at radius 1 is 1.19 bits per heavy atom. The van der Waals surface area contributed by atoms with E-state index in [0.29, 0.717) is 40.5 Å². The van der Waals surface area contributed by atoms with Gasteiger partial charge in [0.2, 0.25) is 5.78 Å². The SMILES string of the molecule is CCOc1cc(Br)c(C(=O)c2occc2C)cc1OCC. The van der Waals surface area contributed by atoms with Crippen LogP contribution in [0.5, 0.6) is 11.5 Å². The van der Waals surface area contributed by atoms with Crippen molar-refractivity contribution in [1.82, 2.24) is 0 Å². The van der Waals surface area contributed by atoms with E-state index in [2.05, 4.69) is 15.9 Å². The third kappa shape index (κ3) is 3.29. The van der Waals surface area contributed by atoms with E-state index in [1.165, 1.54) is 6.26 Å². The van der Waals surface area contributed by atoms with E-state index in [9.17, 15) is 4.79 Å². The number of rotatable bonds is 6. The highest BCUT2D eigenvalue weighted by molar-refractivity contribution is 9.10. The first kappa shape index (κ1) is 15.6. The predicted molar refractivity (Wildman–Crippen MR) is 83.4 cm³/mol. The summed E-state index contributed by atoms with van der Waals surface area (Å²) in [4.78, 5) is 12.6. The number of furan rings is 1. The molecule has 5 heteroatoms. The fourth-order valence-electron chi connectivity index (χ4n) is 1.97. The van der Waals surface area contributed by atoms with Gasteiger partial charge in [0.25, 0.3) is 0 Å². The summed E-state index contributed by atoms with van der Waals surface area (Å²) >= 11 is 3.42. The highest BCUT2D eigenvalue weighted by Crippen LogP contribution is 2.35.